The number of carbonyl (C=O) groups is 11. The number of nitrogens with one attached hydrogen (secondary N) is 7. The molecule has 0 heterocycles. The van der Waals surface area contributed by atoms with Gasteiger partial charge in [-0.15, -0.1) is 0 Å². The molecule has 11 N–H and O–H groups in total. The molecule has 29 heteroatoms. The summed E-state index contributed by atoms with van der Waals surface area (Å²) in [6.07, 6.45) is 6.21. The third kappa shape index (κ3) is 53.1. The van der Waals surface area contributed by atoms with Crippen LogP contribution in [-0.4, -0.2) is 221 Å². The molecule has 0 aliphatic heterocycles. The monoisotopic (exact) mass is 1210 g/mol. The Kier molecular flexibility index (Phi) is 51.0. The summed E-state index contributed by atoms with van der Waals surface area (Å²) >= 11 is 0.926. The molecule has 0 radical (unpaired) electrons. The number of ketones is 1. The quantitative estimate of drug-likeness (QED) is 0.0320. The number of thioether (sulfide) groups is 1. The van der Waals surface area contributed by atoms with E-state index in [0.29, 0.717) is 71.0 Å². The van der Waals surface area contributed by atoms with E-state index in [1.807, 2.05) is 0 Å². The molecule has 0 aromatic carbocycles. The number of Topliss-reactive ketones (excluding diaryl/α,β-unsaturated/α-hetero) is 1. The van der Waals surface area contributed by atoms with E-state index in [9.17, 15) is 52.7 Å². The first-order valence-electron chi connectivity index (χ1n) is 28.6. The topological polar surface area (TPSA) is 398 Å². The molecule has 3 atom stereocenters. The van der Waals surface area contributed by atoms with Gasteiger partial charge in [-0.25, -0.2) is 0 Å². The number of unbranched alkanes of at least 4 members (excludes halogenated alkanes) is 3. The van der Waals surface area contributed by atoms with Crippen molar-refractivity contribution in [1.82, 2.24) is 37.2 Å². The minimum atomic E-state index is -0.622. The Balaban J connectivity index is 4.15. The van der Waals surface area contributed by atoms with Crippen LogP contribution in [0.25, 0.3) is 0 Å². The average Bonchev–Trinajstić information content (AvgIpc) is 3.45. The molecule has 0 saturated carbocycles. The Morgan fingerprint density at radius 2 is 0.711 bits per heavy atom. The van der Waals surface area contributed by atoms with E-state index in [1.165, 1.54) is 6.92 Å². The minimum Gasteiger partial charge on any atom is -0.377 e. The Labute approximate surface area is 492 Å². The van der Waals surface area contributed by atoms with Crippen LogP contribution in [0.5, 0.6) is 0 Å². The molecule has 0 aliphatic carbocycles. The Morgan fingerprint density at radius 1 is 0.373 bits per heavy atom. The van der Waals surface area contributed by atoms with E-state index < -0.39 is 5.92 Å². The van der Waals surface area contributed by atoms with Gasteiger partial charge >= 0.3 is 0 Å². The zero-order valence-electron chi connectivity index (χ0n) is 49.2. The molecular formula is C54H97N9O19S. The lowest BCUT2D eigenvalue weighted by Gasteiger charge is -2.17. The van der Waals surface area contributed by atoms with Gasteiger partial charge in [0.1, 0.15) is 26.4 Å². The summed E-state index contributed by atoms with van der Waals surface area (Å²) in [5.74, 6) is -3.88. The molecule has 0 fully saturated rings. The second-order valence-electron chi connectivity index (χ2n) is 19.2. The number of rotatable bonds is 58. The molecule has 0 bridgehead atoms. The van der Waals surface area contributed by atoms with E-state index >= 15 is 0 Å². The van der Waals surface area contributed by atoms with Gasteiger partial charge in [-0.3, -0.25) is 52.7 Å². The van der Waals surface area contributed by atoms with Crippen LogP contribution >= 0.6 is 11.8 Å². The van der Waals surface area contributed by atoms with Gasteiger partial charge in [0.15, 0.2) is 10.9 Å². The zero-order valence-corrected chi connectivity index (χ0v) is 50.0. The first kappa shape index (κ1) is 77.6. The van der Waals surface area contributed by atoms with Crippen molar-refractivity contribution in [3.05, 3.63) is 0 Å². The molecule has 0 rings (SSSR count). The van der Waals surface area contributed by atoms with Gasteiger partial charge in [0.2, 0.25) is 53.2 Å². The number of carbonyl (C=O) groups excluding carboxylic acids is 11. The summed E-state index contributed by atoms with van der Waals surface area (Å²) in [7, 11) is 0. The van der Waals surface area contributed by atoms with Crippen LogP contribution < -0.4 is 48.7 Å². The Morgan fingerprint density at radius 3 is 1.12 bits per heavy atom. The molecule has 83 heavy (non-hydrogen) atoms. The number of amides is 9. The van der Waals surface area contributed by atoms with Crippen LogP contribution in [-0.2, 0) is 90.6 Å². The summed E-state index contributed by atoms with van der Waals surface area (Å²) in [4.78, 5) is 131. The maximum Gasteiger partial charge on any atom is 0.246 e. The first-order chi connectivity index (χ1) is 39.9. The van der Waals surface area contributed by atoms with Crippen LogP contribution in [0.3, 0.4) is 0 Å². The highest BCUT2D eigenvalue weighted by Crippen LogP contribution is 2.15. The molecule has 9 amide bonds. The van der Waals surface area contributed by atoms with Crippen molar-refractivity contribution in [2.75, 3.05) is 157 Å². The minimum absolute atomic E-state index is 0.0450. The molecule has 478 valence electrons. The summed E-state index contributed by atoms with van der Waals surface area (Å²) in [5.41, 5.74) is 10.6. The van der Waals surface area contributed by atoms with Crippen molar-refractivity contribution in [1.29, 1.82) is 0 Å². The van der Waals surface area contributed by atoms with Crippen LogP contribution in [0.2, 0.25) is 0 Å². The van der Waals surface area contributed by atoms with Crippen molar-refractivity contribution in [3.63, 3.8) is 0 Å². The smallest absolute Gasteiger partial charge is 0.246 e. The van der Waals surface area contributed by atoms with Crippen LogP contribution in [0, 0.1) is 17.8 Å². The molecular weight excluding hydrogens is 1110 g/mol. The predicted molar refractivity (Wildman–Crippen MR) is 306 cm³/mol. The maximum atomic E-state index is 13.2. The number of hydrogen-bond acceptors (Lipinski definition) is 20. The summed E-state index contributed by atoms with van der Waals surface area (Å²) in [6.45, 7) is 8.99. The number of ether oxygens (including phenoxy) is 8. The highest BCUT2D eigenvalue weighted by molar-refractivity contribution is 8.14. The SMILES string of the molecule is CC(=O)SCC(=O)NCCOCCOCC(=O)NCCOCCOCC(=O)C[C@@H](CCCCNC(=O)CCCC(=O)NCCOCCOCC(=O)NCCOCCOCC(=O)NCCCC[C@H](C)C(N)=O)C(=O)NCCCC[C@H](C)C(N)=O. The lowest BCUT2D eigenvalue weighted by molar-refractivity contribution is -0.131. The van der Waals surface area contributed by atoms with Gasteiger partial charge in [-0.1, -0.05) is 44.9 Å². The molecule has 0 spiro atoms. The summed E-state index contributed by atoms with van der Waals surface area (Å²) in [5, 5.41) is 19.0. The normalized spacial score (nSPS) is 12.1. The van der Waals surface area contributed by atoms with E-state index in [2.05, 4.69) is 37.2 Å². The van der Waals surface area contributed by atoms with Crippen molar-refractivity contribution < 1.29 is 90.6 Å². The molecule has 0 unspecified atom stereocenters. The number of nitrogens with two attached hydrogens (primary N) is 2. The van der Waals surface area contributed by atoms with Gasteiger partial charge in [0.25, 0.3) is 0 Å². The van der Waals surface area contributed by atoms with Crippen LogP contribution in [0.1, 0.15) is 104 Å². The van der Waals surface area contributed by atoms with E-state index in [1.54, 1.807) is 13.8 Å². The lowest BCUT2D eigenvalue weighted by atomic mass is 9.95. The Bertz CT molecular complexity index is 1860. The van der Waals surface area contributed by atoms with E-state index in [0.717, 1.165) is 24.6 Å². The van der Waals surface area contributed by atoms with E-state index in [-0.39, 0.29) is 233 Å². The highest BCUT2D eigenvalue weighted by Gasteiger charge is 2.22. The third-order valence-electron chi connectivity index (χ3n) is 11.8. The molecule has 0 aromatic rings. The first-order valence-corrected chi connectivity index (χ1v) is 29.6. The second-order valence-corrected chi connectivity index (χ2v) is 20.4. The van der Waals surface area contributed by atoms with Crippen molar-refractivity contribution in [3.8, 4) is 0 Å². The van der Waals surface area contributed by atoms with Gasteiger partial charge in [0.05, 0.1) is 85.0 Å². The second kappa shape index (κ2) is 54.5. The number of primary amides is 2. The highest BCUT2D eigenvalue weighted by atomic mass is 32.2. The largest absolute Gasteiger partial charge is 0.377 e. The fraction of sp³-hybridized carbons (Fsp3) is 0.796. The summed E-state index contributed by atoms with van der Waals surface area (Å²) in [6, 6.07) is 0. The summed E-state index contributed by atoms with van der Waals surface area (Å²) < 4.78 is 43.0. The van der Waals surface area contributed by atoms with Crippen molar-refractivity contribution >= 4 is 75.8 Å². The van der Waals surface area contributed by atoms with Gasteiger partial charge in [-0.05, 0) is 44.9 Å². The zero-order chi connectivity index (χ0) is 61.6. The standard InChI is InChI=1S/C54H97N9O19S/c1-41(52(55)72)11-4-7-17-58-48(68)37-80-32-29-77-25-21-61-50(70)38-81-33-28-75-23-19-59-47(67)15-10-14-46(66)57-16-9-6-13-44(54(74)63-18-8-5-12-42(2)53(56)73)35-45(65)36-79-31-27-76-24-20-60-49(69)39-82-34-30-78-26-22-62-51(71)40-83-43(3)64/h41-42,44H,4-40H2,1-3H3,(H2,55,72)(H2,56,73)(H,57,66)(H,58,68)(H,59,67)(H,60,69)(H,61,70)(H,62,71)(H,63,74)/t41-,42-,44+/m0/s1. The maximum absolute atomic E-state index is 13.2. The lowest BCUT2D eigenvalue weighted by Crippen LogP contribution is -2.34. The average molecular weight is 1210 g/mol. The molecule has 28 nitrogen and oxygen atoms in total. The number of hydrogen-bond donors (Lipinski definition) is 9. The van der Waals surface area contributed by atoms with Crippen LogP contribution in [0.15, 0.2) is 0 Å². The van der Waals surface area contributed by atoms with Crippen molar-refractivity contribution in [2.45, 2.75) is 104 Å². The Hall–Kier alpha value is -5.40. The third-order valence-corrected chi connectivity index (χ3v) is 12.6. The fourth-order valence-corrected chi connectivity index (χ4v) is 7.43. The molecule has 0 aliphatic rings. The van der Waals surface area contributed by atoms with Gasteiger partial charge in [0, 0.05) is 89.8 Å². The van der Waals surface area contributed by atoms with E-state index in [4.69, 9.17) is 49.4 Å². The van der Waals surface area contributed by atoms with Crippen LogP contribution in [0.4, 0.5) is 0 Å². The van der Waals surface area contributed by atoms with Gasteiger partial charge in [-0.2, -0.15) is 0 Å². The van der Waals surface area contributed by atoms with Gasteiger partial charge < -0.3 is 86.6 Å². The molecule has 0 saturated heterocycles. The predicted octanol–water partition coefficient (Wildman–Crippen LogP) is -1.29. The fourth-order valence-electron chi connectivity index (χ4n) is 6.99. The molecule has 0 aromatic heterocycles. The van der Waals surface area contributed by atoms with Crippen molar-refractivity contribution in [2.24, 2.45) is 29.2 Å².